The van der Waals surface area contributed by atoms with E-state index in [1.165, 1.54) is 0 Å². The van der Waals surface area contributed by atoms with Gasteiger partial charge in [0.25, 0.3) is 0 Å². The van der Waals surface area contributed by atoms with Crippen LogP contribution in [-0.2, 0) is 11.2 Å². The van der Waals surface area contributed by atoms with Crippen molar-refractivity contribution in [3.05, 3.63) is 33.8 Å². The van der Waals surface area contributed by atoms with Crippen LogP contribution in [0.4, 0.5) is 0 Å². The number of aliphatic hydroxyl groups is 3. The molecule has 19 heavy (non-hydrogen) atoms. The molecule has 1 amide bonds. The number of hydrogen-bond acceptors (Lipinski definition) is 4. The first kappa shape index (κ1) is 16.2. The fourth-order valence-corrected chi connectivity index (χ4v) is 2.00. The van der Waals surface area contributed by atoms with Gasteiger partial charge in [-0.3, -0.25) is 4.79 Å². The highest BCUT2D eigenvalue weighted by Gasteiger charge is 2.30. The Kier molecular flexibility index (Phi) is 6.03. The lowest BCUT2D eigenvalue weighted by atomic mass is 10.0. The second-order valence-corrected chi connectivity index (χ2v) is 4.99. The monoisotopic (exact) mass is 307 g/mol. The topological polar surface area (TPSA) is 89.8 Å². The molecule has 0 aliphatic rings. The van der Waals surface area contributed by atoms with Gasteiger partial charge in [0.1, 0.15) is 5.54 Å². The predicted octanol–water partition coefficient (Wildman–Crippen LogP) is 0.368. The third-order valence-electron chi connectivity index (χ3n) is 2.71. The van der Waals surface area contributed by atoms with Gasteiger partial charge in [-0.2, -0.15) is 0 Å². The molecule has 1 rings (SSSR count). The number of benzene rings is 1. The minimum Gasteiger partial charge on any atom is -0.394 e. The average molecular weight is 308 g/mol. The molecule has 0 heterocycles. The zero-order valence-corrected chi connectivity index (χ0v) is 11.6. The van der Waals surface area contributed by atoms with E-state index in [1.807, 2.05) is 0 Å². The number of rotatable bonds is 6. The Morgan fingerprint density at radius 2 is 1.58 bits per heavy atom. The number of hydrogen-bond donors (Lipinski definition) is 4. The van der Waals surface area contributed by atoms with E-state index >= 15 is 0 Å². The molecule has 1 aromatic rings. The second kappa shape index (κ2) is 7.07. The number of amides is 1. The van der Waals surface area contributed by atoms with Crippen LogP contribution in [0.3, 0.4) is 0 Å². The van der Waals surface area contributed by atoms with Crippen molar-refractivity contribution < 1.29 is 20.1 Å². The van der Waals surface area contributed by atoms with E-state index in [0.29, 0.717) is 15.6 Å². The lowest BCUT2D eigenvalue weighted by Gasteiger charge is -2.28. The van der Waals surface area contributed by atoms with Crippen LogP contribution in [0.15, 0.2) is 18.2 Å². The molecule has 0 atom stereocenters. The Hall–Kier alpha value is -0.850. The molecule has 0 spiro atoms. The van der Waals surface area contributed by atoms with E-state index in [-0.39, 0.29) is 6.42 Å². The summed E-state index contributed by atoms with van der Waals surface area (Å²) in [5.74, 6) is -0.507. The first-order valence-electron chi connectivity index (χ1n) is 5.54. The van der Waals surface area contributed by atoms with Gasteiger partial charge in [-0.15, -0.1) is 0 Å². The average Bonchev–Trinajstić information content (AvgIpc) is 2.41. The van der Waals surface area contributed by atoms with Gasteiger partial charge >= 0.3 is 0 Å². The van der Waals surface area contributed by atoms with Crippen LogP contribution < -0.4 is 5.32 Å². The van der Waals surface area contributed by atoms with Gasteiger partial charge in [-0.1, -0.05) is 29.3 Å². The highest BCUT2D eigenvalue weighted by atomic mass is 35.5. The lowest BCUT2D eigenvalue weighted by Crippen LogP contribution is -2.57. The SMILES string of the molecule is O=C(Cc1c(Cl)cccc1Cl)NC(CO)(CO)CO. The van der Waals surface area contributed by atoms with Crippen LogP contribution in [0.25, 0.3) is 0 Å². The third-order valence-corrected chi connectivity index (χ3v) is 3.42. The van der Waals surface area contributed by atoms with Gasteiger partial charge in [0.2, 0.25) is 5.91 Å². The summed E-state index contributed by atoms with van der Waals surface area (Å²) in [5, 5.41) is 30.4. The predicted molar refractivity (Wildman–Crippen MR) is 72.3 cm³/mol. The standard InChI is InChI=1S/C12H15Cl2NO4/c13-9-2-1-3-10(14)8(9)4-11(19)15-12(5-16,6-17)7-18/h1-3,16-18H,4-7H2,(H,15,19). The number of halogens is 2. The first-order chi connectivity index (χ1) is 8.98. The van der Waals surface area contributed by atoms with Crippen LogP contribution in [0.2, 0.25) is 10.0 Å². The van der Waals surface area contributed by atoms with Crippen molar-refractivity contribution in [3.63, 3.8) is 0 Å². The van der Waals surface area contributed by atoms with Crippen molar-refractivity contribution in [3.8, 4) is 0 Å². The molecule has 0 saturated carbocycles. The fraction of sp³-hybridized carbons (Fsp3) is 0.417. The molecule has 106 valence electrons. The minimum atomic E-state index is -1.45. The molecule has 0 unspecified atom stereocenters. The largest absolute Gasteiger partial charge is 0.394 e. The van der Waals surface area contributed by atoms with Crippen LogP contribution >= 0.6 is 23.2 Å². The fourth-order valence-electron chi connectivity index (χ4n) is 1.47. The van der Waals surface area contributed by atoms with E-state index < -0.39 is 31.3 Å². The van der Waals surface area contributed by atoms with Crippen molar-refractivity contribution in [2.75, 3.05) is 19.8 Å². The quantitative estimate of drug-likeness (QED) is 0.611. The van der Waals surface area contributed by atoms with E-state index in [2.05, 4.69) is 5.32 Å². The Labute approximate surface area is 120 Å². The van der Waals surface area contributed by atoms with Crippen molar-refractivity contribution >= 4 is 29.1 Å². The highest BCUT2D eigenvalue weighted by molar-refractivity contribution is 6.36. The van der Waals surface area contributed by atoms with Crippen LogP contribution in [0, 0.1) is 0 Å². The maximum Gasteiger partial charge on any atom is 0.225 e. The molecular weight excluding hydrogens is 293 g/mol. The zero-order valence-electron chi connectivity index (χ0n) is 10.1. The molecule has 0 aliphatic heterocycles. The molecule has 0 saturated heterocycles. The van der Waals surface area contributed by atoms with Gasteiger partial charge in [0, 0.05) is 10.0 Å². The van der Waals surface area contributed by atoms with Gasteiger partial charge in [0.05, 0.1) is 26.2 Å². The zero-order chi connectivity index (χ0) is 14.5. The van der Waals surface area contributed by atoms with Crippen molar-refractivity contribution in [2.24, 2.45) is 0 Å². The maximum absolute atomic E-state index is 11.8. The first-order valence-corrected chi connectivity index (χ1v) is 6.30. The summed E-state index contributed by atoms with van der Waals surface area (Å²) in [7, 11) is 0. The normalized spacial score (nSPS) is 11.4. The summed E-state index contributed by atoms with van der Waals surface area (Å²) < 4.78 is 0. The summed E-state index contributed by atoms with van der Waals surface area (Å²) in [6.07, 6.45) is -0.111. The van der Waals surface area contributed by atoms with Gasteiger partial charge in [0.15, 0.2) is 0 Å². The van der Waals surface area contributed by atoms with Crippen molar-refractivity contribution in [1.82, 2.24) is 5.32 Å². The van der Waals surface area contributed by atoms with E-state index in [4.69, 9.17) is 38.5 Å². The summed E-state index contributed by atoms with van der Waals surface area (Å²) in [6, 6.07) is 4.87. The van der Waals surface area contributed by atoms with Crippen LogP contribution in [0.1, 0.15) is 5.56 Å². The van der Waals surface area contributed by atoms with Gasteiger partial charge < -0.3 is 20.6 Å². The number of aliphatic hydroxyl groups excluding tert-OH is 3. The Morgan fingerprint density at radius 3 is 2.00 bits per heavy atom. The van der Waals surface area contributed by atoms with Crippen molar-refractivity contribution in [2.45, 2.75) is 12.0 Å². The van der Waals surface area contributed by atoms with Gasteiger partial charge in [-0.05, 0) is 17.7 Å². The Bertz CT molecular complexity index is 421. The third kappa shape index (κ3) is 4.06. The molecule has 7 heteroatoms. The van der Waals surface area contributed by atoms with Crippen molar-refractivity contribution in [1.29, 1.82) is 0 Å². The molecule has 0 radical (unpaired) electrons. The summed E-state index contributed by atoms with van der Waals surface area (Å²) in [5.41, 5.74) is -1.00. The smallest absolute Gasteiger partial charge is 0.225 e. The minimum absolute atomic E-state index is 0.111. The second-order valence-electron chi connectivity index (χ2n) is 4.18. The Balaban J connectivity index is 2.81. The molecule has 1 aromatic carbocycles. The summed E-state index contributed by atoms with van der Waals surface area (Å²) in [6.45, 7) is -1.74. The molecular formula is C12H15Cl2NO4. The lowest BCUT2D eigenvalue weighted by molar-refractivity contribution is -0.124. The summed E-state index contributed by atoms with van der Waals surface area (Å²) in [4.78, 5) is 11.8. The Morgan fingerprint density at radius 1 is 1.11 bits per heavy atom. The molecule has 0 aromatic heterocycles. The van der Waals surface area contributed by atoms with E-state index in [1.54, 1.807) is 18.2 Å². The molecule has 4 N–H and O–H groups in total. The maximum atomic E-state index is 11.8. The summed E-state index contributed by atoms with van der Waals surface area (Å²) >= 11 is 11.9. The van der Waals surface area contributed by atoms with E-state index in [9.17, 15) is 4.79 Å². The highest BCUT2D eigenvalue weighted by Crippen LogP contribution is 2.24. The molecule has 0 fully saturated rings. The van der Waals surface area contributed by atoms with Gasteiger partial charge in [-0.25, -0.2) is 0 Å². The molecule has 5 nitrogen and oxygen atoms in total. The molecule has 0 bridgehead atoms. The molecule has 0 aliphatic carbocycles. The van der Waals surface area contributed by atoms with Crippen LogP contribution in [-0.4, -0.2) is 46.6 Å². The van der Waals surface area contributed by atoms with Crippen LogP contribution in [0.5, 0.6) is 0 Å². The number of carbonyl (C=O) groups excluding carboxylic acids is 1. The number of nitrogens with one attached hydrogen (secondary N) is 1. The van der Waals surface area contributed by atoms with E-state index in [0.717, 1.165) is 0 Å². The number of carbonyl (C=O) groups is 1.